The number of nitrogens with zero attached hydrogens (tertiary/aromatic N) is 1. The predicted octanol–water partition coefficient (Wildman–Crippen LogP) is 1.97. The standard InChI is InChI=1S/C22H28N4O3S/c1-30-12-10-18(25-22(29)19-7-4-11-26(19)20(27)14-23)21(28)24-17-9-8-15-5-2-3-6-16(15)13-17/h2-3,5-6,8-9,13,18-19H,4,7,10-12,14,23H2,1H3,(H,24,28)(H,25,29). The van der Waals surface area contributed by atoms with Gasteiger partial charge in [0.2, 0.25) is 17.7 Å². The van der Waals surface area contributed by atoms with Gasteiger partial charge in [0.25, 0.3) is 0 Å². The smallest absolute Gasteiger partial charge is 0.246 e. The highest BCUT2D eigenvalue weighted by molar-refractivity contribution is 7.98. The van der Waals surface area contributed by atoms with Crippen molar-refractivity contribution in [3.8, 4) is 0 Å². The van der Waals surface area contributed by atoms with Gasteiger partial charge >= 0.3 is 0 Å². The molecule has 160 valence electrons. The van der Waals surface area contributed by atoms with Gasteiger partial charge in [0.1, 0.15) is 12.1 Å². The van der Waals surface area contributed by atoms with Crippen molar-refractivity contribution in [1.29, 1.82) is 0 Å². The van der Waals surface area contributed by atoms with Crippen LogP contribution in [0, 0.1) is 0 Å². The quantitative estimate of drug-likeness (QED) is 0.596. The lowest BCUT2D eigenvalue weighted by Crippen LogP contribution is -2.52. The SMILES string of the molecule is CSCCC(NC(=O)C1CCCN1C(=O)CN)C(=O)Nc1ccc2ccccc2c1. The normalized spacial score (nSPS) is 17.0. The summed E-state index contributed by atoms with van der Waals surface area (Å²) < 4.78 is 0. The molecule has 0 aromatic heterocycles. The van der Waals surface area contributed by atoms with Gasteiger partial charge in [0.05, 0.1) is 6.54 Å². The van der Waals surface area contributed by atoms with E-state index in [1.165, 1.54) is 4.90 Å². The third-order valence-electron chi connectivity index (χ3n) is 5.31. The topological polar surface area (TPSA) is 105 Å². The van der Waals surface area contributed by atoms with E-state index in [9.17, 15) is 14.4 Å². The second-order valence-electron chi connectivity index (χ2n) is 7.34. The third kappa shape index (κ3) is 5.31. The first-order valence-electron chi connectivity index (χ1n) is 10.1. The predicted molar refractivity (Wildman–Crippen MR) is 121 cm³/mol. The van der Waals surface area contributed by atoms with Crippen molar-refractivity contribution < 1.29 is 14.4 Å². The molecule has 4 N–H and O–H groups in total. The monoisotopic (exact) mass is 428 g/mol. The van der Waals surface area contributed by atoms with Crippen LogP contribution in [0.2, 0.25) is 0 Å². The summed E-state index contributed by atoms with van der Waals surface area (Å²) in [5.41, 5.74) is 6.15. The van der Waals surface area contributed by atoms with Crippen LogP contribution >= 0.6 is 11.8 Å². The Morgan fingerprint density at radius 2 is 1.97 bits per heavy atom. The van der Waals surface area contributed by atoms with Gasteiger partial charge in [-0.25, -0.2) is 0 Å². The van der Waals surface area contributed by atoms with Crippen LogP contribution in [0.1, 0.15) is 19.3 Å². The molecule has 7 nitrogen and oxygen atoms in total. The number of anilines is 1. The number of nitrogens with two attached hydrogens (primary N) is 1. The summed E-state index contributed by atoms with van der Waals surface area (Å²) in [6, 6.07) is 12.4. The number of nitrogens with one attached hydrogen (secondary N) is 2. The van der Waals surface area contributed by atoms with Crippen molar-refractivity contribution in [3.63, 3.8) is 0 Å². The molecule has 0 aliphatic carbocycles. The van der Waals surface area contributed by atoms with Crippen LogP contribution in [-0.2, 0) is 14.4 Å². The zero-order valence-corrected chi connectivity index (χ0v) is 17.9. The number of carbonyl (C=O) groups is 3. The van der Waals surface area contributed by atoms with E-state index >= 15 is 0 Å². The summed E-state index contributed by atoms with van der Waals surface area (Å²) in [5, 5.41) is 7.90. The number of thioether (sulfide) groups is 1. The molecule has 3 rings (SSSR count). The van der Waals surface area contributed by atoms with E-state index < -0.39 is 12.1 Å². The van der Waals surface area contributed by atoms with Crippen LogP contribution in [0.15, 0.2) is 42.5 Å². The summed E-state index contributed by atoms with van der Waals surface area (Å²) in [4.78, 5) is 39.3. The lowest BCUT2D eigenvalue weighted by molar-refractivity contribution is -0.138. The average Bonchev–Trinajstić information content (AvgIpc) is 3.26. The highest BCUT2D eigenvalue weighted by atomic mass is 32.2. The van der Waals surface area contributed by atoms with Gasteiger partial charge in [-0.2, -0.15) is 11.8 Å². The molecule has 3 amide bonds. The van der Waals surface area contributed by atoms with E-state index in [-0.39, 0.29) is 24.3 Å². The summed E-state index contributed by atoms with van der Waals surface area (Å²) >= 11 is 1.61. The number of likely N-dealkylation sites (tertiary alicyclic amines) is 1. The number of fused-ring (bicyclic) bond motifs is 1. The molecule has 0 spiro atoms. The zero-order chi connectivity index (χ0) is 21.5. The highest BCUT2D eigenvalue weighted by Gasteiger charge is 2.35. The van der Waals surface area contributed by atoms with Crippen molar-refractivity contribution in [2.75, 3.05) is 30.4 Å². The highest BCUT2D eigenvalue weighted by Crippen LogP contribution is 2.20. The number of hydrogen-bond acceptors (Lipinski definition) is 5. The summed E-state index contributed by atoms with van der Waals surface area (Å²) in [7, 11) is 0. The molecular weight excluding hydrogens is 400 g/mol. The Bertz CT molecular complexity index is 920. The van der Waals surface area contributed by atoms with Crippen LogP contribution in [0.25, 0.3) is 10.8 Å². The summed E-state index contributed by atoms with van der Waals surface area (Å²) in [6.07, 6.45) is 3.80. The molecule has 8 heteroatoms. The second-order valence-corrected chi connectivity index (χ2v) is 8.33. The fraction of sp³-hybridized carbons (Fsp3) is 0.409. The van der Waals surface area contributed by atoms with E-state index in [1.54, 1.807) is 11.8 Å². The number of hydrogen-bond donors (Lipinski definition) is 3. The molecule has 1 saturated heterocycles. The third-order valence-corrected chi connectivity index (χ3v) is 5.95. The van der Waals surface area contributed by atoms with Crippen molar-refractivity contribution in [3.05, 3.63) is 42.5 Å². The Morgan fingerprint density at radius 1 is 1.20 bits per heavy atom. The zero-order valence-electron chi connectivity index (χ0n) is 17.1. The first-order valence-corrected chi connectivity index (χ1v) is 11.5. The molecule has 1 aliphatic heterocycles. The Hall–Kier alpha value is -2.58. The van der Waals surface area contributed by atoms with E-state index in [0.29, 0.717) is 25.1 Å². The second kappa shape index (κ2) is 10.4. The van der Waals surface area contributed by atoms with Gasteiger partial charge in [0, 0.05) is 12.2 Å². The largest absolute Gasteiger partial charge is 0.342 e. The van der Waals surface area contributed by atoms with Crippen LogP contribution in [0.4, 0.5) is 5.69 Å². The molecule has 1 aliphatic rings. The molecule has 1 heterocycles. The molecule has 2 aromatic carbocycles. The minimum Gasteiger partial charge on any atom is -0.342 e. The Balaban J connectivity index is 1.70. The van der Waals surface area contributed by atoms with Gasteiger partial charge in [0.15, 0.2) is 0 Å². The van der Waals surface area contributed by atoms with Gasteiger partial charge in [-0.3, -0.25) is 14.4 Å². The van der Waals surface area contributed by atoms with Crippen LogP contribution in [0.3, 0.4) is 0 Å². The Labute approximate surface area is 180 Å². The maximum Gasteiger partial charge on any atom is 0.246 e. The van der Waals surface area contributed by atoms with E-state index in [4.69, 9.17) is 5.73 Å². The van der Waals surface area contributed by atoms with Crippen LogP contribution < -0.4 is 16.4 Å². The Kier molecular flexibility index (Phi) is 7.70. The lowest BCUT2D eigenvalue weighted by atomic mass is 10.1. The first kappa shape index (κ1) is 22.1. The fourth-order valence-electron chi connectivity index (χ4n) is 3.72. The lowest BCUT2D eigenvalue weighted by Gasteiger charge is -2.26. The van der Waals surface area contributed by atoms with Gasteiger partial charge < -0.3 is 21.3 Å². The molecule has 0 bridgehead atoms. The summed E-state index contributed by atoms with van der Waals surface area (Å²) in [6.45, 7) is 0.398. The molecule has 2 aromatic rings. The maximum atomic E-state index is 12.9. The van der Waals surface area contributed by atoms with Gasteiger partial charge in [-0.15, -0.1) is 0 Å². The minimum absolute atomic E-state index is 0.123. The first-order chi connectivity index (χ1) is 14.5. The molecular formula is C22H28N4O3S. The Morgan fingerprint density at radius 3 is 2.70 bits per heavy atom. The minimum atomic E-state index is -0.674. The van der Waals surface area contributed by atoms with Crippen molar-refractivity contribution >= 4 is 45.9 Å². The van der Waals surface area contributed by atoms with Crippen molar-refractivity contribution in [2.24, 2.45) is 5.73 Å². The van der Waals surface area contributed by atoms with Crippen molar-refractivity contribution in [1.82, 2.24) is 10.2 Å². The van der Waals surface area contributed by atoms with Crippen molar-refractivity contribution in [2.45, 2.75) is 31.3 Å². The molecule has 1 fully saturated rings. The van der Waals surface area contributed by atoms with Gasteiger partial charge in [-0.05, 0) is 54.2 Å². The maximum absolute atomic E-state index is 12.9. The molecule has 2 atom stereocenters. The fourth-order valence-corrected chi connectivity index (χ4v) is 4.20. The number of carbonyl (C=O) groups excluding carboxylic acids is 3. The van der Waals surface area contributed by atoms with E-state index in [0.717, 1.165) is 22.9 Å². The van der Waals surface area contributed by atoms with Crippen LogP contribution in [0.5, 0.6) is 0 Å². The van der Waals surface area contributed by atoms with E-state index in [2.05, 4.69) is 10.6 Å². The van der Waals surface area contributed by atoms with Crippen LogP contribution in [-0.4, -0.2) is 59.8 Å². The summed E-state index contributed by atoms with van der Waals surface area (Å²) in [5.74, 6) is -0.0722. The number of amides is 3. The average molecular weight is 429 g/mol. The number of benzene rings is 2. The molecule has 30 heavy (non-hydrogen) atoms. The van der Waals surface area contributed by atoms with E-state index in [1.807, 2.05) is 48.7 Å². The van der Waals surface area contributed by atoms with Gasteiger partial charge in [-0.1, -0.05) is 30.3 Å². The molecule has 2 unspecified atom stereocenters. The molecule has 0 saturated carbocycles. The molecule has 0 radical (unpaired) electrons. The number of rotatable bonds is 8.